The van der Waals surface area contributed by atoms with Crippen LogP contribution in [0, 0.1) is 0 Å². The Balaban J connectivity index is 1.37. The molecule has 27 heavy (non-hydrogen) atoms. The number of benzene rings is 2. The molecule has 2 aliphatic rings. The van der Waals surface area contributed by atoms with Gasteiger partial charge in [0.15, 0.2) is 0 Å². The number of fused-ring (bicyclic) bond motifs is 2. The van der Waals surface area contributed by atoms with E-state index >= 15 is 0 Å². The molecular weight excluding hydrogens is 352 g/mol. The fourth-order valence-corrected chi connectivity index (χ4v) is 5.27. The molecule has 1 unspecified atom stereocenters. The fraction of sp³-hybridized carbons (Fsp3) is 0.478. The van der Waals surface area contributed by atoms with Gasteiger partial charge in [-0.15, -0.1) is 11.8 Å². The summed E-state index contributed by atoms with van der Waals surface area (Å²) in [7, 11) is 4.05. The van der Waals surface area contributed by atoms with Gasteiger partial charge in [0.25, 0.3) is 0 Å². The maximum absolute atomic E-state index is 5.60. The first-order chi connectivity index (χ1) is 13.2. The van der Waals surface area contributed by atoms with Gasteiger partial charge in [0.05, 0.1) is 13.0 Å². The highest BCUT2D eigenvalue weighted by Crippen LogP contribution is 2.37. The highest BCUT2D eigenvalue weighted by Gasteiger charge is 2.23. The maximum Gasteiger partial charge on any atom is 0.122 e. The second-order valence-electron chi connectivity index (χ2n) is 7.79. The van der Waals surface area contributed by atoms with Crippen molar-refractivity contribution in [1.29, 1.82) is 0 Å². The number of anilines is 1. The molecule has 1 heterocycles. The van der Waals surface area contributed by atoms with Gasteiger partial charge in [0, 0.05) is 24.5 Å². The van der Waals surface area contributed by atoms with Crippen LogP contribution in [0.3, 0.4) is 0 Å². The molecule has 0 bridgehead atoms. The fourth-order valence-electron chi connectivity index (χ4n) is 4.44. The second-order valence-corrected chi connectivity index (χ2v) is 8.78. The minimum absolute atomic E-state index is 0.621. The van der Waals surface area contributed by atoms with Crippen LogP contribution in [0.25, 0.3) is 0 Å². The number of likely N-dealkylation sites (N-methyl/N-ethyl adjacent to an activating group) is 1. The van der Waals surface area contributed by atoms with Crippen molar-refractivity contribution in [2.75, 3.05) is 38.4 Å². The van der Waals surface area contributed by atoms with Crippen LogP contribution in [0.15, 0.2) is 36.4 Å². The van der Waals surface area contributed by atoms with Crippen molar-refractivity contribution >= 4 is 17.4 Å². The number of hydrogen-bond donors (Lipinski definition) is 1. The minimum atomic E-state index is 0.621. The number of hydrogen-bond acceptors (Lipinski definition) is 4. The zero-order chi connectivity index (χ0) is 18.6. The Hall–Kier alpha value is -1.65. The molecule has 1 N–H and O–H groups in total. The van der Waals surface area contributed by atoms with E-state index in [9.17, 15) is 0 Å². The molecule has 4 heteroatoms. The van der Waals surface area contributed by atoms with Gasteiger partial charge in [0.1, 0.15) is 5.75 Å². The van der Waals surface area contributed by atoms with E-state index in [-0.39, 0.29) is 0 Å². The number of ether oxygens (including phenoxy) is 1. The number of rotatable bonds is 6. The van der Waals surface area contributed by atoms with E-state index in [1.54, 1.807) is 7.11 Å². The molecule has 0 fully saturated rings. The van der Waals surface area contributed by atoms with Gasteiger partial charge in [-0.3, -0.25) is 0 Å². The van der Waals surface area contributed by atoms with E-state index in [1.807, 2.05) is 11.8 Å². The first-order valence-electron chi connectivity index (χ1n) is 10.0. The van der Waals surface area contributed by atoms with Crippen molar-refractivity contribution < 1.29 is 4.74 Å². The Kier molecular flexibility index (Phi) is 5.94. The standard InChI is InChI=1S/C23H30N2OS/c1-25(12-11-17-9-10-19-15-27-16-24-22(19)13-17)14-18-5-3-7-21-20(18)6-4-8-23(21)26-2/h4,6,8-10,13,18,24H,3,5,7,11-12,14-16H2,1-2H3. The summed E-state index contributed by atoms with van der Waals surface area (Å²) in [6.07, 6.45) is 4.81. The van der Waals surface area contributed by atoms with Crippen LogP contribution in [0.4, 0.5) is 5.69 Å². The molecule has 2 aromatic rings. The number of thioether (sulfide) groups is 1. The van der Waals surface area contributed by atoms with Crippen molar-refractivity contribution in [3.05, 3.63) is 58.7 Å². The minimum Gasteiger partial charge on any atom is -0.496 e. The Morgan fingerprint density at radius 3 is 3.07 bits per heavy atom. The van der Waals surface area contributed by atoms with Gasteiger partial charge in [-0.05, 0) is 73.0 Å². The summed E-state index contributed by atoms with van der Waals surface area (Å²) >= 11 is 1.95. The predicted molar refractivity (Wildman–Crippen MR) is 116 cm³/mol. The van der Waals surface area contributed by atoms with Gasteiger partial charge < -0.3 is 15.0 Å². The molecule has 0 saturated heterocycles. The SMILES string of the molecule is COc1cccc2c1CCCC2CN(C)CCc1ccc2c(c1)NCSC2. The summed E-state index contributed by atoms with van der Waals surface area (Å²) in [5, 5.41) is 3.52. The molecule has 0 aromatic heterocycles. The number of methoxy groups -OCH3 is 1. The molecule has 3 nitrogen and oxygen atoms in total. The van der Waals surface area contributed by atoms with Crippen LogP contribution < -0.4 is 10.1 Å². The topological polar surface area (TPSA) is 24.5 Å². The molecule has 1 atom stereocenters. The Bertz CT molecular complexity index is 792. The van der Waals surface area contributed by atoms with Crippen molar-refractivity contribution in [2.24, 2.45) is 0 Å². The molecule has 0 radical (unpaired) electrons. The highest BCUT2D eigenvalue weighted by molar-refractivity contribution is 7.98. The van der Waals surface area contributed by atoms with Crippen LogP contribution in [-0.2, 0) is 18.6 Å². The number of nitrogens with zero attached hydrogens (tertiary/aromatic N) is 1. The molecule has 2 aromatic carbocycles. The Labute approximate surface area is 167 Å². The Morgan fingerprint density at radius 2 is 2.19 bits per heavy atom. The second kappa shape index (κ2) is 8.57. The van der Waals surface area contributed by atoms with E-state index in [0.717, 1.165) is 43.3 Å². The van der Waals surface area contributed by atoms with Crippen molar-refractivity contribution in [3.63, 3.8) is 0 Å². The quantitative estimate of drug-likeness (QED) is 0.767. The van der Waals surface area contributed by atoms with E-state index in [2.05, 4.69) is 53.7 Å². The lowest BCUT2D eigenvalue weighted by Gasteiger charge is -2.30. The average Bonchev–Trinajstić information content (AvgIpc) is 2.72. The van der Waals surface area contributed by atoms with Crippen molar-refractivity contribution in [3.8, 4) is 5.75 Å². The molecule has 0 saturated carbocycles. The summed E-state index contributed by atoms with van der Waals surface area (Å²) < 4.78 is 5.60. The zero-order valence-corrected chi connectivity index (χ0v) is 17.3. The van der Waals surface area contributed by atoms with E-state index < -0.39 is 0 Å². The van der Waals surface area contributed by atoms with Gasteiger partial charge in [0.2, 0.25) is 0 Å². The lowest BCUT2D eigenvalue weighted by atomic mass is 9.82. The largest absolute Gasteiger partial charge is 0.496 e. The highest BCUT2D eigenvalue weighted by atomic mass is 32.2. The van der Waals surface area contributed by atoms with Crippen molar-refractivity contribution in [2.45, 2.75) is 37.4 Å². The summed E-state index contributed by atoms with van der Waals surface area (Å²) in [6, 6.07) is 13.5. The van der Waals surface area contributed by atoms with Crippen molar-refractivity contribution in [1.82, 2.24) is 4.90 Å². The summed E-state index contributed by atoms with van der Waals surface area (Å²) in [4.78, 5) is 2.50. The summed E-state index contributed by atoms with van der Waals surface area (Å²) in [5.41, 5.74) is 7.15. The van der Waals surface area contributed by atoms with E-state index in [1.165, 1.54) is 40.8 Å². The number of nitrogens with one attached hydrogen (secondary N) is 1. The normalized spacial score (nSPS) is 18.6. The van der Waals surface area contributed by atoms with Crippen LogP contribution >= 0.6 is 11.8 Å². The first kappa shape index (κ1) is 18.7. The van der Waals surface area contributed by atoms with Gasteiger partial charge in [-0.1, -0.05) is 24.3 Å². The monoisotopic (exact) mass is 382 g/mol. The van der Waals surface area contributed by atoms with Gasteiger partial charge in [-0.25, -0.2) is 0 Å². The lowest BCUT2D eigenvalue weighted by molar-refractivity contribution is 0.299. The smallest absolute Gasteiger partial charge is 0.122 e. The van der Waals surface area contributed by atoms with Gasteiger partial charge >= 0.3 is 0 Å². The van der Waals surface area contributed by atoms with E-state index in [0.29, 0.717) is 5.92 Å². The lowest BCUT2D eigenvalue weighted by Crippen LogP contribution is -2.28. The van der Waals surface area contributed by atoms with Crippen LogP contribution in [0.1, 0.15) is 41.0 Å². The molecular formula is C23H30N2OS. The molecule has 4 rings (SSSR count). The predicted octanol–water partition coefficient (Wildman–Crippen LogP) is 4.91. The molecule has 1 aliphatic heterocycles. The maximum atomic E-state index is 5.60. The molecule has 0 amide bonds. The van der Waals surface area contributed by atoms with Crippen LogP contribution in [0.5, 0.6) is 5.75 Å². The third-order valence-corrected chi connectivity index (χ3v) is 6.78. The third kappa shape index (κ3) is 4.27. The summed E-state index contributed by atoms with van der Waals surface area (Å²) in [6.45, 7) is 2.23. The molecule has 1 aliphatic carbocycles. The zero-order valence-electron chi connectivity index (χ0n) is 16.5. The van der Waals surface area contributed by atoms with Crippen LogP contribution in [0.2, 0.25) is 0 Å². The van der Waals surface area contributed by atoms with E-state index in [4.69, 9.17) is 4.74 Å². The first-order valence-corrected chi connectivity index (χ1v) is 11.2. The van der Waals surface area contributed by atoms with Crippen LogP contribution in [-0.4, -0.2) is 38.0 Å². The summed E-state index contributed by atoms with van der Waals surface area (Å²) in [5.74, 6) is 3.85. The Morgan fingerprint density at radius 1 is 1.26 bits per heavy atom. The average molecular weight is 383 g/mol. The van der Waals surface area contributed by atoms with Gasteiger partial charge in [-0.2, -0.15) is 0 Å². The molecule has 144 valence electrons. The molecule has 0 spiro atoms. The third-order valence-electron chi connectivity index (χ3n) is 5.92.